The largest absolute Gasteiger partial charge is 0.469 e. The average molecular weight is 651 g/mol. The molecule has 5 rings (SSSR count). The van der Waals surface area contributed by atoms with Gasteiger partial charge in [-0.1, -0.05) is 60.7 Å². The van der Waals surface area contributed by atoms with Crippen LogP contribution in [0.15, 0.2) is 109 Å². The minimum absolute atomic E-state index is 0.200. The van der Waals surface area contributed by atoms with Crippen LogP contribution < -0.4 is 9.47 Å². The first-order valence-electron chi connectivity index (χ1n) is 15.5. The summed E-state index contributed by atoms with van der Waals surface area (Å²) in [4.78, 5) is 56.7. The van der Waals surface area contributed by atoms with Gasteiger partial charge in [0.2, 0.25) is 11.8 Å². The Morgan fingerprint density at radius 3 is 1.10 bits per heavy atom. The molecule has 1 aliphatic carbocycles. The maximum absolute atomic E-state index is 14.0. The fourth-order valence-electron chi connectivity index (χ4n) is 6.01. The van der Waals surface area contributed by atoms with Crippen LogP contribution >= 0.6 is 0 Å². The predicted molar refractivity (Wildman–Crippen MR) is 177 cm³/mol. The van der Waals surface area contributed by atoms with E-state index in [2.05, 4.69) is 0 Å². The van der Waals surface area contributed by atoms with Gasteiger partial charge in [0.25, 0.3) is 0 Å². The number of esters is 2. The summed E-state index contributed by atoms with van der Waals surface area (Å²) in [5.41, 5.74) is 1.62. The molecule has 10 nitrogen and oxygen atoms in total. The number of carbonyl (C=O) groups excluding carboxylic acids is 4. The molecule has 0 aromatic heterocycles. The molecule has 0 N–H and O–H groups in total. The van der Waals surface area contributed by atoms with E-state index >= 15 is 0 Å². The number of nitrogens with zero attached hydrogens (tertiary/aromatic N) is 2. The van der Waals surface area contributed by atoms with Crippen molar-refractivity contribution >= 4 is 23.8 Å². The molecule has 248 valence electrons. The van der Waals surface area contributed by atoms with E-state index in [9.17, 15) is 19.2 Å². The van der Waals surface area contributed by atoms with Gasteiger partial charge < -0.3 is 28.7 Å². The third-order valence-corrected chi connectivity index (χ3v) is 8.46. The van der Waals surface area contributed by atoms with Crippen molar-refractivity contribution in [2.75, 3.05) is 28.3 Å². The van der Waals surface area contributed by atoms with Crippen molar-refractivity contribution in [2.24, 2.45) is 23.7 Å². The summed E-state index contributed by atoms with van der Waals surface area (Å²) in [7, 11) is 5.57. The first-order valence-corrected chi connectivity index (χ1v) is 15.5. The van der Waals surface area contributed by atoms with Crippen molar-refractivity contribution in [3.05, 3.63) is 120 Å². The number of benzene rings is 4. The topological polar surface area (TPSA) is 112 Å². The average Bonchev–Trinajstić information content (AvgIpc) is 3.10. The molecular weight excluding hydrogens is 612 g/mol. The molecule has 1 fully saturated rings. The summed E-state index contributed by atoms with van der Waals surface area (Å²) in [6.07, 6.45) is 0. The highest BCUT2D eigenvalue weighted by Crippen LogP contribution is 2.49. The summed E-state index contributed by atoms with van der Waals surface area (Å²) in [5, 5.41) is 0. The summed E-state index contributed by atoms with van der Waals surface area (Å²) in [5.74, 6) is -4.32. The Balaban J connectivity index is 1.30. The third-order valence-electron chi connectivity index (χ3n) is 8.46. The van der Waals surface area contributed by atoms with Crippen LogP contribution in [-0.2, 0) is 41.7 Å². The summed E-state index contributed by atoms with van der Waals surface area (Å²) in [6, 6.07) is 33.3. The van der Waals surface area contributed by atoms with E-state index in [-0.39, 0.29) is 13.1 Å². The number of para-hydroxylation sites is 2. The lowest BCUT2D eigenvalue weighted by Gasteiger charge is -2.48. The lowest BCUT2D eigenvalue weighted by atomic mass is 9.55. The molecule has 0 radical (unpaired) electrons. The quantitative estimate of drug-likeness (QED) is 0.179. The zero-order valence-electron chi connectivity index (χ0n) is 27.3. The highest BCUT2D eigenvalue weighted by Gasteiger charge is 2.65. The summed E-state index contributed by atoms with van der Waals surface area (Å²) >= 11 is 0. The first kappa shape index (κ1) is 33.7. The molecule has 4 aromatic carbocycles. The lowest BCUT2D eigenvalue weighted by molar-refractivity contribution is -0.189. The van der Waals surface area contributed by atoms with Crippen LogP contribution in [0.2, 0.25) is 0 Å². The van der Waals surface area contributed by atoms with Crippen molar-refractivity contribution in [1.82, 2.24) is 9.80 Å². The number of methoxy groups -OCH3 is 2. The molecule has 1 aliphatic rings. The number of rotatable bonds is 12. The van der Waals surface area contributed by atoms with Gasteiger partial charge in [-0.25, -0.2) is 0 Å². The molecule has 0 bridgehead atoms. The second kappa shape index (κ2) is 15.3. The number of hydrogen-bond donors (Lipinski definition) is 0. The Bertz CT molecular complexity index is 1580. The molecule has 0 heterocycles. The minimum atomic E-state index is -1.17. The fourth-order valence-corrected chi connectivity index (χ4v) is 6.01. The monoisotopic (exact) mass is 650 g/mol. The molecule has 0 saturated heterocycles. The van der Waals surface area contributed by atoms with E-state index in [0.717, 1.165) is 11.1 Å². The van der Waals surface area contributed by atoms with Gasteiger partial charge in [-0.3, -0.25) is 19.2 Å². The van der Waals surface area contributed by atoms with Gasteiger partial charge in [0, 0.05) is 27.2 Å². The zero-order valence-corrected chi connectivity index (χ0v) is 27.3. The van der Waals surface area contributed by atoms with Crippen LogP contribution in [0, 0.1) is 23.7 Å². The number of ether oxygens (including phenoxy) is 4. The fraction of sp³-hybridized carbons (Fsp3) is 0.263. The van der Waals surface area contributed by atoms with Gasteiger partial charge in [-0.2, -0.15) is 0 Å². The Labute approximate surface area is 279 Å². The molecule has 2 amide bonds. The predicted octanol–water partition coefficient (Wildman–Crippen LogP) is 5.71. The number of carbonyl (C=O) groups is 4. The van der Waals surface area contributed by atoms with Gasteiger partial charge >= 0.3 is 11.9 Å². The maximum atomic E-state index is 14.0. The van der Waals surface area contributed by atoms with Crippen molar-refractivity contribution in [3.63, 3.8) is 0 Å². The second-order valence-electron chi connectivity index (χ2n) is 11.7. The summed E-state index contributed by atoms with van der Waals surface area (Å²) in [6.45, 7) is 0.401. The number of amides is 2. The highest BCUT2D eigenvalue weighted by molar-refractivity contribution is 6.00. The summed E-state index contributed by atoms with van der Waals surface area (Å²) < 4.78 is 21.7. The van der Waals surface area contributed by atoms with Crippen LogP contribution in [0.1, 0.15) is 11.1 Å². The van der Waals surface area contributed by atoms with Crippen molar-refractivity contribution < 1.29 is 38.1 Å². The first-order chi connectivity index (χ1) is 23.2. The van der Waals surface area contributed by atoms with Crippen molar-refractivity contribution in [2.45, 2.75) is 13.1 Å². The number of hydrogen-bond acceptors (Lipinski definition) is 8. The second-order valence-corrected chi connectivity index (χ2v) is 11.7. The highest BCUT2D eigenvalue weighted by atomic mass is 16.5. The smallest absolute Gasteiger partial charge is 0.310 e. The Kier molecular flexibility index (Phi) is 10.7. The molecule has 48 heavy (non-hydrogen) atoms. The molecule has 4 aromatic rings. The van der Waals surface area contributed by atoms with E-state index in [1.165, 1.54) is 24.0 Å². The molecule has 0 aliphatic heterocycles. The van der Waals surface area contributed by atoms with Crippen LogP contribution in [0.3, 0.4) is 0 Å². The van der Waals surface area contributed by atoms with Gasteiger partial charge in [-0.15, -0.1) is 0 Å². The standard InChI is InChI=1S/C38H38N2O8/c1-39(23-25-15-19-29(20-16-25)47-27-11-7-5-8-12-27)35(41)31-32(34(38(44)46-4)33(31)37(43)45-3)36(42)40(2)24-26-17-21-30(22-18-26)48-28-13-9-6-10-14-28/h5-22,31-34H,23-24H2,1-4H3. The van der Waals surface area contributed by atoms with Crippen molar-refractivity contribution in [3.8, 4) is 23.0 Å². The minimum Gasteiger partial charge on any atom is -0.469 e. The van der Waals surface area contributed by atoms with Crippen LogP contribution in [0.4, 0.5) is 0 Å². The Morgan fingerprint density at radius 1 is 0.479 bits per heavy atom. The SMILES string of the molecule is COC(=O)C1C(C(=O)OC)C(C(=O)N(C)Cc2ccc(Oc3ccccc3)cc2)C1C(=O)N(C)Cc1ccc(Oc2ccccc2)cc1. The third kappa shape index (κ3) is 7.66. The van der Waals surface area contributed by atoms with Crippen LogP contribution in [0.5, 0.6) is 23.0 Å². The molecular formula is C38H38N2O8. The van der Waals surface area contributed by atoms with Crippen molar-refractivity contribution in [1.29, 1.82) is 0 Å². The van der Waals surface area contributed by atoms with Gasteiger partial charge in [0.05, 0.1) is 37.9 Å². The normalized spacial score (nSPS) is 18.1. The Morgan fingerprint density at radius 2 is 0.792 bits per heavy atom. The molecule has 10 heteroatoms. The molecule has 1 saturated carbocycles. The van der Waals surface area contributed by atoms with Gasteiger partial charge in [-0.05, 0) is 59.7 Å². The van der Waals surface area contributed by atoms with E-state index in [4.69, 9.17) is 18.9 Å². The molecule has 4 atom stereocenters. The Hall–Kier alpha value is -5.64. The van der Waals surface area contributed by atoms with E-state index < -0.39 is 47.4 Å². The van der Waals surface area contributed by atoms with E-state index in [1.54, 1.807) is 38.4 Å². The lowest BCUT2D eigenvalue weighted by Crippen LogP contribution is -2.64. The molecule has 4 unspecified atom stereocenters. The van der Waals surface area contributed by atoms with Crippen LogP contribution in [0.25, 0.3) is 0 Å². The van der Waals surface area contributed by atoms with Gasteiger partial charge in [0.15, 0.2) is 0 Å². The van der Waals surface area contributed by atoms with Crippen LogP contribution in [-0.4, -0.2) is 61.9 Å². The van der Waals surface area contributed by atoms with E-state index in [0.29, 0.717) is 23.0 Å². The maximum Gasteiger partial charge on any atom is 0.310 e. The molecule has 0 spiro atoms. The van der Waals surface area contributed by atoms with E-state index in [1.807, 2.05) is 84.9 Å². The zero-order chi connectivity index (χ0) is 34.2. The van der Waals surface area contributed by atoms with Gasteiger partial charge in [0.1, 0.15) is 23.0 Å².